The number of rotatable bonds is 11. The molecule has 0 N–H and O–H groups in total. The number of fused-ring (bicyclic) bond motifs is 1. The van der Waals surface area contributed by atoms with Crippen molar-refractivity contribution >= 4 is 22.0 Å². The summed E-state index contributed by atoms with van der Waals surface area (Å²) < 4.78 is 58.6. The van der Waals surface area contributed by atoms with Crippen LogP contribution in [0.1, 0.15) is 58.2 Å². The topological polar surface area (TPSA) is 125 Å². The fraction of sp³-hybridized carbons (Fsp3) is 0.265. The molecule has 0 spiro atoms. The molecule has 0 bridgehead atoms. The zero-order valence-electron chi connectivity index (χ0n) is 25.6. The molecular weight excluding hydrogens is 615 g/mol. The van der Waals surface area contributed by atoms with Gasteiger partial charge in [0.15, 0.2) is 0 Å². The number of benzene rings is 4. The second-order valence-electron chi connectivity index (χ2n) is 11.0. The lowest BCUT2D eigenvalue weighted by atomic mass is 9.84. The maximum atomic E-state index is 14.4. The lowest BCUT2D eigenvalue weighted by Gasteiger charge is -2.29. The van der Waals surface area contributed by atoms with Gasteiger partial charge in [-0.2, -0.15) is 17.1 Å². The van der Waals surface area contributed by atoms with Crippen molar-refractivity contribution in [2.75, 3.05) is 6.61 Å². The van der Waals surface area contributed by atoms with Gasteiger partial charge in [-0.1, -0.05) is 54.6 Å². The predicted molar refractivity (Wildman–Crippen MR) is 168 cm³/mol. The highest BCUT2D eigenvalue weighted by Gasteiger charge is 2.33. The third-order valence-electron chi connectivity index (χ3n) is 7.92. The van der Waals surface area contributed by atoms with Gasteiger partial charge in [0.2, 0.25) is 5.82 Å². The number of ether oxygens (including phenoxy) is 2. The highest BCUT2D eigenvalue weighted by atomic mass is 32.2. The molecule has 0 amide bonds. The normalized spacial score (nSPS) is 14.5. The van der Waals surface area contributed by atoms with E-state index in [1.165, 1.54) is 17.3 Å². The monoisotopic (exact) mass is 648 g/mol. The summed E-state index contributed by atoms with van der Waals surface area (Å²) in [7, 11) is -4.16. The number of carbonyl (C=O) groups excluding carboxylic acids is 1. The second kappa shape index (κ2) is 13.7. The molecule has 12 heteroatoms. The Morgan fingerprint density at radius 1 is 1.07 bits per heavy atom. The number of hydrogen-bond acceptors (Lipinski definition) is 8. The van der Waals surface area contributed by atoms with Crippen LogP contribution in [0.25, 0.3) is 0 Å². The molecule has 1 heterocycles. The number of nitrogens with zero attached hydrogens (tertiary/aromatic N) is 2. The molecule has 0 saturated carbocycles. The Kier molecular flexibility index (Phi) is 9.68. The molecule has 4 aromatic carbocycles. The Balaban J connectivity index is 1.45. The summed E-state index contributed by atoms with van der Waals surface area (Å²) in [4.78, 5) is 23.6. The Bertz CT molecular complexity index is 1880. The van der Waals surface area contributed by atoms with E-state index in [4.69, 9.17) is 13.7 Å². The van der Waals surface area contributed by atoms with Gasteiger partial charge in [-0.3, -0.25) is 14.9 Å². The summed E-state index contributed by atoms with van der Waals surface area (Å²) in [6.07, 6.45) is -0.162. The minimum Gasteiger partial charge on any atom is -0.489 e. The van der Waals surface area contributed by atoms with E-state index in [2.05, 4.69) is 0 Å². The number of carbonyl (C=O) groups is 1. The van der Waals surface area contributed by atoms with Crippen molar-refractivity contribution in [1.29, 1.82) is 0 Å². The molecule has 10 nitrogen and oxygen atoms in total. The van der Waals surface area contributed by atoms with Crippen molar-refractivity contribution in [3.63, 3.8) is 0 Å². The Morgan fingerprint density at radius 3 is 2.54 bits per heavy atom. The molecule has 4 aromatic rings. The lowest BCUT2D eigenvalue weighted by Crippen LogP contribution is -2.37. The molecule has 0 aromatic heterocycles. The predicted octanol–water partition coefficient (Wildman–Crippen LogP) is 6.65. The number of esters is 1. The van der Waals surface area contributed by atoms with E-state index in [1.54, 1.807) is 43.3 Å². The molecule has 5 rings (SSSR count). The van der Waals surface area contributed by atoms with Crippen LogP contribution in [0.2, 0.25) is 0 Å². The second-order valence-corrected chi connectivity index (χ2v) is 12.5. The van der Waals surface area contributed by atoms with E-state index in [9.17, 15) is 27.7 Å². The molecule has 0 radical (unpaired) electrons. The van der Waals surface area contributed by atoms with Gasteiger partial charge in [0.05, 0.1) is 18.0 Å². The van der Waals surface area contributed by atoms with Crippen molar-refractivity contribution in [3.05, 3.63) is 134 Å². The van der Waals surface area contributed by atoms with Gasteiger partial charge in [0.1, 0.15) is 18.1 Å². The van der Waals surface area contributed by atoms with Gasteiger partial charge < -0.3 is 13.7 Å². The largest absolute Gasteiger partial charge is 0.489 e. The Hall–Kier alpha value is -4.81. The van der Waals surface area contributed by atoms with Gasteiger partial charge in [-0.15, -0.1) is 0 Å². The van der Waals surface area contributed by atoms with Crippen LogP contribution in [-0.2, 0) is 39.5 Å². The molecular formula is C34H33FN2O8S. The van der Waals surface area contributed by atoms with Gasteiger partial charge in [0.25, 0.3) is 0 Å². The Morgan fingerprint density at radius 2 is 1.83 bits per heavy atom. The first-order valence-corrected chi connectivity index (χ1v) is 16.0. The van der Waals surface area contributed by atoms with E-state index < -0.39 is 38.6 Å². The molecule has 1 atom stereocenters. The smallest absolute Gasteiger partial charge is 0.385 e. The number of aryl methyl sites for hydroxylation is 1. The zero-order chi connectivity index (χ0) is 33.0. The van der Waals surface area contributed by atoms with Crippen molar-refractivity contribution in [2.24, 2.45) is 0 Å². The van der Waals surface area contributed by atoms with E-state index >= 15 is 0 Å². The van der Waals surface area contributed by atoms with Crippen LogP contribution in [0.15, 0.2) is 78.9 Å². The van der Waals surface area contributed by atoms with Crippen LogP contribution < -0.4 is 8.92 Å². The molecule has 46 heavy (non-hydrogen) atoms. The van der Waals surface area contributed by atoms with Crippen molar-refractivity contribution in [1.82, 2.24) is 4.31 Å². The summed E-state index contributed by atoms with van der Waals surface area (Å²) in [6.45, 7) is 5.40. The van der Waals surface area contributed by atoms with Gasteiger partial charge in [0, 0.05) is 30.1 Å². The average molecular weight is 649 g/mol. The summed E-state index contributed by atoms with van der Waals surface area (Å²) in [5, 5.41) is 11.7. The highest BCUT2D eigenvalue weighted by molar-refractivity contribution is 7.84. The SMILES string of the molecule is CCOC(=O)CC(c1ccc(C)c(CN2Cc3cc(OCc4ccccc4)ccc3OS2(=O)=O)c1)c1ccc(F)c([N+](=O)[O-])c1C. The Labute approximate surface area is 266 Å². The number of nitro groups is 1. The standard InChI is InChI=1S/C34H33FN2O8S/c1-4-43-33(38)18-30(29-13-14-31(35)34(23(29)3)37(39)40)25-11-10-22(2)26(16-25)19-36-20-27-17-28(12-15-32(27)45-46(36,41)42)44-21-24-8-6-5-7-9-24/h5-17,30H,4,18-21H2,1-3H3. The molecule has 1 aliphatic rings. The van der Waals surface area contributed by atoms with E-state index in [-0.39, 0.29) is 37.4 Å². The van der Waals surface area contributed by atoms with Crippen LogP contribution in [0.5, 0.6) is 11.5 Å². The fourth-order valence-electron chi connectivity index (χ4n) is 5.51. The summed E-state index contributed by atoms with van der Waals surface area (Å²) in [5.74, 6) is -1.45. The molecule has 1 aliphatic heterocycles. The van der Waals surface area contributed by atoms with Crippen molar-refractivity contribution in [2.45, 2.75) is 52.8 Å². The first-order valence-electron chi connectivity index (χ1n) is 14.6. The third-order valence-corrected chi connectivity index (χ3v) is 9.20. The molecule has 0 fully saturated rings. The van der Waals surface area contributed by atoms with Gasteiger partial charge >= 0.3 is 22.0 Å². The van der Waals surface area contributed by atoms with E-state index in [0.717, 1.165) is 17.2 Å². The first-order chi connectivity index (χ1) is 22.0. The number of nitro benzene ring substituents is 1. The molecule has 0 saturated heterocycles. The zero-order valence-corrected chi connectivity index (χ0v) is 26.4. The minimum absolute atomic E-state index is 0.0272. The van der Waals surface area contributed by atoms with Crippen LogP contribution in [0.4, 0.5) is 10.1 Å². The van der Waals surface area contributed by atoms with E-state index in [1.807, 2.05) is 37.3 Å². The molecule has 1 unspecified atom stereocenters. The summed E-state index contributed by atoms with van der Waals surface area (Å²) in [5.41, 5.74) is 3.43. The van der Waals surface area contributed by atoms with Crippen molar-refractivity contribution < 1.29 is 36.2 Å². The quantitative estimate of drug-likeness (QED) is 0.101. The number of halogens is 1. The summed E-state index contributed by atoms with van der Waals surface area (Å²) >= 11 is 0. The number of hydrogen-bond donors (Lipinski definition) is 0. The maximum absolute atomic E-state index is 14.4. The highest BCUT2D eigenvalue weighted by Crippen LogP contribution is 2.38. The molecule has 240 valence electrons. The van der Waals surface area contributed by atoms with Gasteiger partial charge in [-0.05, 0) is 72.9 Å². The van der Waals surface area contributed by atoms with Crippen LogP contribution in [0.3, 0.4) is 0 Å². The average Bonchev–Trinajstić information content (AvgIpc) is 3.01. The molecule has 0 aliphatic carbocycles. The van der Waals surface area contributed by atoms with Crippen LogP contribution in [0, 0.1) is 29.8 Å². The van der Waals surface area contributed by atoms with Crippen LogP contribution >= 0.6 is 0 Å². The van der Waals surface area contributed by atoms with Crippen molar-refractivity contribution in [3.8, 4) is 11.5 Å². The first kappa shape index (κ1) is 32.6. The lowest BCUT2D eigenvalue weighted by molar-refractivity contribution is -0.388. The van der Waals surface area contributed by atoms with Crippen LogP contribution in [-0.4, -0.2) is 30.2 Å². The summed E-state index contributed by atoms with van der Waals surface area (Å²) in [6, 6.07) is 22.4. The van der Waals surface area contributed by atoms with E-state index in [0.29, 0.717) is 34.6 Å². The van der Waals surface area contributed by atoms with Gasteiger partial charge in [-0.25, -0.2) is 0 Å². The maximum Gasteiger partial charge on any atom is 0.385 e. The minimum atomic E-state index is -4.16. The fourth-order valence-corrected chi connectivity index (χ4v) is 6.60. The third kappa shape index (κ3) is 7.19.